The molecule has 1 fully saturated rings. The molecule has 0 aromatic heterocycles. The molecule has 0 bridgehead atoms. The van der Waals surface area contributed by atoms with Crippen molar-refractivity contribution >= 4 is 5.91 Å². The molecule has 1 amide bonds. The van der Waals surface area contributed by atoms with Crippen LogP contribution in [0.4, 0.5) is 4.39 Å². The highest BCUT2D eigenvalue weighted by atomic mass is 19.1. The van der Waals surface area contributed by atoms with Gasteiger partial charge < -0.3 is 14.7 Å². The van der Waals surface area contributed by atoms with E-state index in [1.54, 1.807) is 4.90 Å². The minimum Gasteiger partial charge on any atom is -0.384 e. The third-order valence-electron chi connectivity index (χ3n) is 3.25. The van der Waals surface area contributed by atoms with E-state index in [0.717, 1.165) is 6.42 Å². The lowest BCUT2D eigenvalue weighted by Crippen LogP contribution is -2.36. The number of halogens is 1. The van der Waals surface area contributed by atoms with Crippen molar-refractivity contribution in [1.29, 1.82) is 0 Å². The van der Waals surface area contributed by atoms with Crippen molar-refractivity contribution in [2.24, 2.45) is 0 Å². The normalized spacial score (nSPS) is 18.6. The predicted octanol–water partition coefficient (Wildman–Crippen LogP) is 1.42. The van der Waals surface area contributed by atoms with Crippen molar-refractivity contribution in [1.82, 2.24) is 4.90 Å². The molecule has 21 heavy (non-hydrogen) atoms. The number of amides is 1. The first-order valence-electron chi connectivity index (χ1n) is 6.92. The molecule has 1 saturated heterocycles. The van der Waals surface area contributed by atoms with E-state index in [0.29, 0.717) is 25.3 Å². The van der Waals surface area contributed by atoms with Gasteiger partial charge in [0.2, 0.25) is 0 Å². The van der Waals surface area contributed by atoms with Gasteiger partial charge in [0, 0.05) is 25.3 Å². The SMILES string of the molecule is CC1CN(C(=O)c2cc(C#CCO)ccc2F)CCCO1. The number of hydrogen-bond donors (Lipinski definition) is 1. The molecule has 1 N–H and O–H groups in total. The van der Waals surface area contributed by atoms with Crippen molar-refractivity contribution in [3.63, 3.8) is 0 Å². The number of carbonyl (C=O) groups excluding carboxylic acids is 1. The fourth-order valence-corrected chi connectivity index (χ4v) is 2.26. The van der Waals surface area contributed by atoms with Gasteiger partial charge in [0.1, 0.15) is 12.4 Å². The third-order valence-corrected chi connectivity index (χ3v) is 3.25. The van der Waals surface area contributed by atoms with Crippen molar-refractivity contribution in [2.45, 2.75) is 19.4 Å². The maximum Gasteiger partial charge on any atom is 0.256 e. The van der Waals surface area contributed by atoms with Crippen molar-refractivity contribution < 1.29 is 19.0 Å². The van der Waals surface area contributed by atoms with Crippen LogP contribution in [0.15, 0.2) is 18.2 Å². The van der Waals surface area contributed by atoms with Gasteiger partial charge in [-0.3, -0.25) is 4.79 Å². The highest BCUT2D eigenvalue weighted by Gasteiger charge is 2.23. The average Bonchev–Trinajstić information content (AvgIpc) is 2.70. The van der Waals surface area contributed by atoms with Crippen LogP contribution in [0.3, 0.4) is 0 Å². The minimum absolute atomic E-state index is 0.00818. The van der Waals surface area contributed by atoms with Crippen LogP contribution in [-0.4, -0.2) is 48.3 Å². The molecule has 1 aliphatic rings. The monoisotopic (exact) mass is 291 g/mol. The van der Waals surface area contributed by atoms with E-state index in [1.165, 1.54) is 18.2 Å². The summed E-state index contributed by atoms with van der Waals surface area (Å²) in [5.74, 6) is 4.25. The summed E-state index contributed by atoms with van der Waals surface area (Å²) in [6, 6.07) is 4.14. The van der Waals surface area contributed by atoms with Gasteiger partial charge in [0.15, 0.2) is 0 Å². The highest BCUT2D eigenvalue weighted by molar-refractivity contribution is 5.95. The highest BCUT2D eigenvalue weighted by Crippen LogP contribution is 2.15. The number of aliphatic hydroxyl groups is 1. The molecular formula is C16H18FNO3. The zero-order valence-electron chi connectivity index (χ0n) is 11.9. The lowest BCUT2D eigenvalue weighted by atomic mass is 10.1. The van der Waals surface area contributed by atoms with Gasteiger partial charge >= 0.3 is 0 Å². The lowest BCUT2D eigenvalue weighted by Gasteiger charge is -2.22. The van der Waals surface area contributed by atoms with Gasteiger partial charge in [-0.25, -0.2) is 4.39 Å². The molecule has 4 nitrogen and oxygen atoms in total. The summed E-state index contributed by atoms with van der Waals surface area (Å²) >= 11 is 0. The Bertz CT molecular complexity index is 577. The molecule has 0 spiro atoms. The van der Waals surface area contributed by atoms with E-state index in [1.807, 2.05) is 6.92 Å². The Morgan fingerprint density at radius 3 is 3.14 bits per heavy atom. The van der Waals surface area contributed by atoms with Crippen LogP contribution in [0.2, 0.25) is 0 Å². The van der Waals surface area contributed by atoms with Gasteiger partial charge in [-0.15, -0.1) is 0 Å². The maximum atomic E-state index is 13.9. The minimum atomic E-state index is -0.563. The van der Waals surface area contributed by atoms with E-state index in [9.17, 15) is 9.18 Å². The van der Waals surface area contributed by atoms with Crippen LogP contribution in [0.25, 0.3) is 0 Å². The van der Waals surface area contributed by atoms with Gasteiger partial charge in [-0.05, 0) is 31.5 Å². The fraction of sp³-hybridized carbons (Fsp3) is 0.438. The largest absolute Gasteiger partial charge is 0.384 e. The Kier molecular flexibility index (Phi) is 5.32. The summed E-state index contributed by atoms with van der Waals surface area (Å²) in [5.41, 5.74) is 0.516. The quantitative estimate of drug-likeness (QED) is 0.796. The predicted molar refractivity (Wildman–Crippen MR) is 76.3 cm³/mol. The Morgan fingerprint density at radius 2 is 2.38 bits per heavy atom. The van der Waals surface area contributed by atoms with Crippen LogP contribution in [0.5, 0.6) is 0 Å². The Balaban J connectivity index is 2.24. The number of aliphatic hydroxyl groups excluding tert-OH is 1. The molecule has 1 aromatic carbocycles. The molecular weight excluding hydrogens is 273 g/mol. The molecule has 0 aliphatic carbocycles. The molecule has 0 saturated carbocycles. The summed E-state index contributed by atoms with van der Waals surface area (Å²) in [7, 11) is 0. The number of benzene rings is 1. The first-order valence-corrected chi connectivity index (χ1v) is 6.92. The van der Waals surface area contributed by atoms with Gasteiger partial charge in [-0.1, -0.05) is 11.8 Å². The van der Waals surface area contributed by atoms with Crippen LogP contribution < -0.4 is 0 Å². The molecule has 5 heteroatoms. The van der Waals surface area contributed by atoms with Crippen LogP contribution in [-0.2, 0) is 4.74 Å². The van der Waals surface area contributed by atoms with E-state index in [4.69, 9.17) is 9.84 Å². The van der Waals surface area contributed by atoms with E-state index >= 15 is 0 Å². The molecule has 1 aliphatic heterocycles. The Morgan fingerprint density at radius 1 is 1.57 bits per heavy atom. The standard InChI is InChI=1S/C16H18FNO3/c1-12-11-18(7-3-9-21-12)16(20)14-10-13(4-2-8-19)5-6-15(14)17/h5-6,10,12,19H,3,7-9,11H2,1H3. The number of ether oxygens (including phenoxy) is 1. The first-order chi connectivity index (χ1) is 10.1. The van der Waals surface area contributed by atoms with Crippen molar-refractivity contribution in [2.75, 3.05) is 26.3 Å². The van der Waals surface area contributed by atoms with Crippen molar-refractivity contribution in [3.05, 3.63) is 35.1 Å². The Hall–Kier alpha value is -1.90. The van der Waals surface area contributed by atoms with Gasteiger partial charge in [0.05, 0.1) is 11.7 Å². The molecule has 1 unspecified atom stereocenters. The fourth-order valence-electron chi connectivity index (χ4n) is 2.26. The second-order valence-corrected chi connectivity index (χ2v) is 4.94. The first kappa shape index (κ1) is 15.5. The zero-order chi connectivity index (χ0) is 15.2. The van der Waals surface area contributed by atoms with Crippen LogP contribution in [0, 0.1) is 17.7 Å². The lowest BCUT2D eigenvalue weighted by molar-refractivity contribution is 0.0560. The number of rotatable bonds is 1. The number of hydrogen-bond acceptors (Lipinski definition) is 3. The average molecular weight is 291 g/mol. The van der Waals surface area contributed by atoms with E-state index in [2.05, 4.69) is 11.8 Å². The third kappa shape index (κ3) is 4.03. The molecule has 2 rings (SSSR count). The molecule has 1 aromatic rings. The van der Waals surface area contributed by atoms with Gasteiger partial charge in [0.25, 0.3) is 5.91 Å². The summed E-state index contributed by atoms with van der Waals surface area (Å²) < 4.78 is 19.4. The number of carbonyl (C=O) groups is 1. The second-order valence-electron chi connectivity index (χ2n) is 4.94. The zero-order valence-corrected chi connectivity index (χ0v) is 11.9. The molecule has 1 heterocycles. The number of nitrogens with zero attached hydrogens (tertiary/aromatic N) is 1. The molecule has 1 atom stereocenters. The van der Waals surface area contributed by atoms with Crippen molar-refractivity contribution in [3.8, 4) is 11.8 Å². The summed E-state index contributed by atoms with van der Waals surface area (Å²) in [4.78, 5) is 14.1. The molecule has 112 valence electrons. The van der Waals surface area contributed by atoms with E-state index < -0.39 is 5.82 Å². The summed E-state index contributed by atoms with van der Waals surface area (Å²) in [6.45, 7) is 3.22. The molecule has 0 radical (unpaired) electrons. The second kappa shape index (κ2) is 7.21. The smallest absolute Gasteiger partial charge is 0.256 e. The summed E-state index contributed by atoms with van der Waals surface area (Å²) in [5, 5.41) is 8.69. The van der Waals surface area contributed by atoms with Crippen LogP contribution >= 0.6 is 0 Å². The van der Waals surface area contributed by atoms with Gasteiger partial charge in [-0.2, -0.15) is 0 Å². The van der Waals surface area contributed by atoms with Crippen LogP contribution in [0.1, 0.15) is 29.3 Å². The maximum absolute atomic E-state index is 13.9. The van der Waals surface area contributed by atoms with E-state index in [-0.39, 0.29) is 24.2 Å². The Labute approximate surface area is 123 Å². The topological polar surface area (TPSA) is 49.8 Å². The summed E-state index contributed by atoms with van der Waals surface area (Å²) in [6.07, 6.45) is 0.679.